The molecule has 0 atom stereocenters. The van der Waals surface area contributed by atoms with Gasteiger partial charge in [-0.1, -0.05) is 0 Å². The van der Waals surface area contributed by atoms with Gasteiger partial charge in [-0.2, -0.15) is 0 Å². The van der Waals surface area contributed by atoms with Gasteiger partial charge >= 0.3 is 23.1 Å². The number of carbonyl (C=O) groups is 10. The highest BCUT2D eigenvalue weighted by Crippen LogP contribution is 1.45. The highest BCUT2D eigenvalue weighted by molar-refractivity contribution is 5.75. The topological polar surface area (TPSA) is 373 Å². The number of hydrogen-bond donors (Lipinski definition) is 10. The molecule has 0 spiro atoms. The molecule has 20 nitrogen and oxygen atoms in total. The minimum atomic E-state index is -0.833. The van der Waals surface area contributed by atoms with E-state index in [-0.39, 0.29) is 23.1 Å². The molecular weight excluding hydrogens is 585 g/mol. The van der Waals surface area contributed by atoms with Crippen LogP contribution >= 0.6 is 0 Å². The largest absolute Gasteiger partial charge is 0.481 e. The first kappa shape index (κ1) is 70.7. The molecule has 0 saturated carbocycles. The van der Waals surface area contributed by atoms with Crippen LogP contribution in [0.4, 0.5) is 0 Å². The number of carboxylic acids is 10. The van der Waals surface area contributed by atoms with Crippen molar-refractivity contribution >= 4 is 82.7 Å². The summed E-state index contributed by atoms with van der Waals surface area (Å²) in [6, 6.07) is 0. The normalized spacial score (nSPS) is 6.10. The summed E-state index contributed by atoms with van der Waals surface area (Å²) in [5.74, 6) is -8.33. The van der Waals surface area contributed by atoms with Crippen molar-refractivity contribution in [1.82, 2.24) is 0 Å². The zero-order valence-electron chi connectivity index (χ0n) is 23.6. The molecule has 0 aromatic heterocycles. The zero-order valence-corrected chi connectivity index (χ0v) is 23.6. The van der Waals surface area contributed by atoms with Crippen molar-refractivity contribution in [3.63, 3.8) is 0 Å². The Bertz CT molecular complexity index is 476. The summed E-state index contributed by atoms with van der Waals surface area (Å²) in [5.41, 5.74) is 0. The summed E-state index contributed by atoms with van der Waals surface area (Å²) in [6.45, 7) is 10.8. The summed E-state index contributed by atoms with van der Waals surface area (Å²) in [5, 5.41) is 74.2. The van der Waals surface area contributed by atoms with E-state index in [0.717, 1.165) is 69.2 Å². The average molecular weight is 627 g/mol. The minimum absolute atomic E-state index is 0. The van der Waals surface area contributed by atoms with Crippen molar-refractivity contribution in [3.05, 3.63) is 0 Å². The summed E-state index contributed by atoms with van der Waals surface area (Å²) in [4.78, 5) is 90.0. The Balaban J connectivity index is -0.0000000270. The fraction of sp³-hybridized carbons (Fsp3) is 0.500. The van der Waals surface area contributed by atoms with Crippen molar-refractivity contribution in [3.8, 4) is 0 Å². The van der Waals surface area contributed by atoms with E-state index in [0.29, 0.717) is 0 Å². The van der Waals surface area contributed by atoms with E-state index in [2.05, 4.69) is 0 Å². The van der Waals surface area contributed by atoms with Crippen LogP contribution in [0.15, 0.2) is 0 Å². The van der Waals surface area contributed by atoms with Gasteiger partial charge in [0.05, 0.1) is 0 Å². The van der Waals surface area contributed by atoms with E-state index in [1.807, 2.05) is 0 Å². The first-order valence-corrected chi connectivity index (χ1v) is 9.28. The van der Waals surface area contributed by atoms with Crippen LogP contribution in [0.1, 0.15) is 69.2 Å². The van der Waals surface area contributed by atoms with Crippen molar-refractivity contribution in [2.24, 2.45) is 0 Å². The SMILES string of the molecule is CC(=O)O.CC(=O)O.CC(=O)O.CC(=O)O.CC(=O)O.CC(=O)O.CC(=O)O.CC(=O)O.CC(=O)O.CC(=O)O.[MgH2]. The third kappa shape index (κ3) is 1930. The molecule has 0 aromatic carbocycles. The van der Waals surface area contributed by atoms with Gasteiger partial charge in [-0.15, -0.1) is 0 Å². The average Bonchev–Trinajstić information content (AvgIpc) is 2.47. The Morgan fingerprint density at radius 3 is 0.220 bits per heavy atom. The van der Waals surface area contributed by atoms with Gasteiger partial charge in [-0.25, -0.2) is 0 Å². The Morgan fingerprint density at radius 2 is 0.220 bits per heavy atom. The summed E-state index contributed by atoms with van der Waals surface area (Å²) < 4.78 is 0. The first-order valence-electron chi connectivity index (χ1n) is 9.28. The lowest BCUT2D eigenvalue weighted by atomic mass is 10.9. The second-order valence-electron chi connectivity index (χ2n) is 5.19. The van der Waals surface area contributed by atoms with Gasteiger partial charge in [0, 0.05) is 69.2 Å². The Morgan fingerprint density at radius 1 is 0.220 bits per heavy atom. The zero-order chi connectivity index (χ0) is 35.8. The molecule has 21 heteroatoms. The summed E-state index contributed by atoms with van der Waals surface area (Å²) in [7, 11) is 0. The molecular formula is C20H42MgO20. The number of aliphatic carboxylic acids is 10. The van der Waals surface area contributed by atoms with Gasteiger partial charge in [0.1, 0.15) is 0 Å². The Labute approximate surface area is 251 Å². The van der Waals surface area contributed by atoms with Crippen LogP contribution in [0.5, 0.6) is 0 Å². The third-order valence-electron chi connectivity index (χ3n) is 0. The summed E-state index contributed by atoms with van der Waals surface area (Å²) >= 11 is 0. The van der Waals surface area contributed by atoms with E-state index in [1.54, 1.807) is 0 Å². The lowest BCUT2D eigenvalue weighted by molar-refractivity contribution is -0.135. The minimum Gasteiger partial charge on any atom is -0.481 e. The van der Waals surface area contributed by atoms with E-state index >= 15 is 0 Å². The van der Waals surface area contributed by atoms with E-state index < -0.39 is 59.7 Å². The molecule has 0 rings (SSSR count). The van der Waals surface area contributed by atoms with Crippen LogP contribution in [0.25, 0.3) is 0 Å². The lowest BCUT2D eigenvalue weighted by Gasteiger charge is -1.59. The van der Waals surface area contributed by atoms with Gasteiger partial charge in [-0.05, 0) is 0 Å². The maximum Gasteiger partial charge on any atom is 0.316 e. The van der Waals surface area contributed by atoms with Crippen LogP contribution in [-0.4, -0.2) is 134 Å². The Hall–Kier alpha value is -4.53. The highest BCUT2D eigenvalue weighted by atomic mass is 24.3. The monoisotopic (exact) mass is 626 g/mol. The van der Waals surface area contributed by atoms with Crippen molar-refractivity contribution in [2.45, 2.75) is 69.2 Å². The van der Waals surface area contributed by atoms with Crippen LogP contribution in [0.3, 0.4) is 0 Å². The van der Waals surface area contributed by atoms with Gasteiger partial charge in [0.25, 0.3) is 59.7 Å². The van der Waals surface area contributed by atoms with E-state index in [1.165, 1.54) is 0 Å². The van der Waals surface area contributed by atoms with Gasteiger partial charge in [-0.3, -0.25) is 47.9 Å². The van der Waals surface area contributed by atoms with Crippen LogP contribution < -0.4 is 0 Å². The van der Waals surface area contributed by atoms with Gasteiger partial charge < -0.3 is 51.1 Å². The fourth-order valence-electron chi connectivity index (χ4n) is 0. The standard InChI is InChI=1S/10C2H4O2.Mg.2H/c10*1-2(3)4;;;/h10*1H3,(H,3,4);;;. The molecule has 0 aliphatic heterocycles. The molecule has 0 bridgehead atoms. The molecule has 10 N–H and O–H groups in total. The Kier molecular flexibility index (Phi) is 112. The van der Waals surface area contributed by atoms with Gasteiger partial charge in [0.15, 0.2) is 0 Å². The second-order valence-corrected chi connectivity index (χ2v) is 5.19. The maximum atomic E-state index is 9.00. The molecule has 41 heavy (non-hydrogen) atoms. The second kappa shape index (κ2) is 65.0. The smallest absolute Gasteiger partial charge is 0.316 e. The van der Waals surface area contributed by atoms with Crippen molar-refractivity contribution < 1.29 is 99.0 Å². The summed E-state index contributed by atoms with van der Waals surface area (Å²) in [6.07, 6.45) is 0. The fourth-order valence-corrected chi connectivity index (χ4v) is 0. The van der Waals surface area contributed by atoms with Crippen LogP contribution in [0.2, 0.25) is 0 Å². The maximum absolute atomic E-state index is 9.00. The molecule has 0 radical (unpaired) electrons. The molecule has 0 aliphatic rings. The predicted octanol–water partition coefficient (Wildman–Crippen LogP) is -0.00720. The molecule has 0 fully saturated rings. The van der Waals surface area contributed by atoms with Crippen LogP contribution in [-0.2, 0) is 47.9 Å². The number of rotatable bonds is 0. The lowest BCUT2D eigenvalue weighted by Crippen LogP contribution is -1.78. The van der Waals surface area contributed by atoms with Crippen molar-refractivity contribution in [1.29, 1.82) is 0 Å². The van der Waals surface area contributed by atoms with Crippen LogP contribution in [0, 0.1) is 0 Å². The number of carboxylic acid groups (broad SMARTS) is 10. The number of hydrogen-bond acceptors (Lipinski definition) is 10. The molecule has 244 valence electrons. The predicted molar refractivity (Wildman–Crippen MR) is 142 cm³/mol. The quantitative estimate of drug-likeness (QED) is 0.158. The van der Waals surface area contributed by atoms with E-state index in [4.69, 9.17) is 99.0 Å². The highest BCUT2D eigenvalue weighted by Gasteiger charge is 1.68. The molecule has 0 heterocycles. The van der Waals surface area contributed by atoms with Crippen molar-refractivity contribution in [2.75, 3.05) is 0 Å². The molecule has 0 saturated heterocycles. The molecule has 0 amide bonds. The van der Waals surface area contributed by atoms with Gasteiger partial charge in [0.2, 0.25) is 0 Å². The third-order valence-corrected chi connectivity index (χ3v) is 0. The molecule has 0 aromatic rings. The first-order chi connectivity index (χ1) is 17.3. The molecule has 0 aliphatic carbocycles. The molecule has 0 unspecified atom stereocenters. The van der Waals surface area contributed by atoms with E-state index in [9.17, 15) is 0 Å².